The molecule has 0 atom stereocenters. The summed E-state index contributed by atoms with van der Waals surface area (Å²) >= 11 is 0. The normalized spacial score (nSPS) is 16.0. The van der Waals surface area contributed by atoms with Gasteiger partial charge in [0.05, 0.1) is 0 Å². The Bertz CT molecular complexity index is 603. The third-order valence-corrected chi connectivity index (χ3v) is 4.14. The molecule has 1 aliphatic heterocycles. The van der Waals surface area contributed by atoms with Gasteiger partial charge >= 0.3 is 0 Å². The van der Waals surface area contributed by atoms with Gasteiger partial charge in [-0.3, -0.25) is 0 Å². The molecule has 1 aliphatic rings. The number of hydrogen-bond acceptors (Lipinski definition) is 4. The van der Waals surface area contributed by atoms with Gasteiger partial charge in [0.2, 0.25) is 5.95 Å². The summed E-state index contributed by atoms with van der Waals surface area (Å²) in [7, 11) is 0. The molecule has 4 heteroatoms. The van der Waals surface area contributed by atoms with Crippen LogP contribution in [0.25, 0.3) is 0 Å². The maximum atomic E-state index is 4.66. The number of rotatable bonds is 3. The van der Waals surface area contributed by atoms with Crippen molar-refractivity contribution in [3.63, 3.8) is 0 Å². The van der Waals surface area contributed by atoms with Crippen LogP contribution < -0.4 is 10.2 Å². The molecule has 0 amide bonds. The van der Waals surface area contributed by atoms with Crippen LogP contribution in [0.5, 0.6) is 0 Å². The fourth-order valence-corrected chi connectivity index (χ4v) is 2.66. The molecule has 1 aromatic carbocycles. The summed E-state index contributed by atoms with van der Waals surface area (Å²) < 4.78 is 0. The molecule has 21 heavy (non-hydrogen) atoms. The molecule has 2 aromatic rings. The second-order valence-corrected chi connectivity index (χ2v) is 5.85. The summed E-state index contributed by atoms with van der Waals surface area (Å²) in [6.45, 7) is 6.57. The first-order chi connectivity index (χ1) is 10.2. The number of nitrogens with zero attached hydrogens (tertiary/aromatic N) is 3. The number of anilines is 3. The van der Waals surface area contributed by atoms with Gasteiger partial charge in [0, 0.05) is 25.0 Å². The van der Waals surface area contributed by atoms with Crippen molar-refractivity contribution >= 4 is 17.5 Å². The topological polar surface area (TPSA) is 41.1 Å². The van der Waals surface area contributed by atoms with Crippen molar-refractivity contribution in [1.82, 2.24) is 9.97 Å². The van der Waals surface area contributed by atoms with E-state index in [2.05, 4.69) is 40.1 Å². The van der Waals surface area contributed by atoms with Gasteiger partial charge in [-0.2, -0.15) is 4.98 Å². The molecular weight excluding hydrogens is 260 g/mol. The van der Waals surface area contributed by atoms with Crippen molar-refractivity contribution in [3.05, 3.63) is 42.1 Å². The molecule has 0 unspecified atom stereocenters. The molecule has 1 saturated heterocycles. The van der Waals surface area contributed by atoms with Gasteiger partial charge < -0.3 is 10.2 Å². The summed E-state index contributed by atoms with van der Waals surface area (Å²) in [5, 5.41) is 3.31. The van der Waals surface area contributed by atoms with E-state index in [1.54, 1.807) is 0 Å². The van der Waals surface area contributed by atoms with Gasteiger partial charge in [-0.1, -0.05) is 25.1 Å². The quantitative estimate of drug-likeness (QED) is 0.930. The molecule has 1 N–H and O–H groups in total. The number of aromatic nitrogens is 2. The molecule has 1 fully saturated rings. The van der Waals surface area contributed by atoms with E-state index >= 15 is 0 Å². The van der Waals surface area contributed by atoms with Gasteiger partial charge in [-0.05, 0) is 43.4 Å². The highest BCUT2D eigenvalue weighted by molar-refractivity contribution is 5.59. The predicted molar refractivity (Wildman–Crippen MR) is 87.1 cm³/mol. The Morgan fingerprint density at radius 2 is 1.90 bits per heavy atom. The zero-order valence-electron chi connectivity index (χ0n) is 12.7. The standard InChI is InChI=1S/C17H22N4/c1-13-8-11-21(12-9-13)16-7-10-18-17(20-16)19-15-6-4-3-5-14(15)2/h3-7,10,13H,8-9,11-12H2,1-2H3,(H,18,19,20). The van der Waals surface area contributed by atoms with E-state index < -0.39 is 0 Å². The Balaban J connectivity index is 1.76. The van der Waals surface area contributed by atoms with Crippen molar-refractivity contribution < 1.29 is 0 Å². The minimum Gasteiger partial charge on any atom is -0.356 e. The monoisotopic (exact) mass is 282 g/mol. The number of piperidine rings is 1. The van der Waals surface area contributed by atoms with Crippen LogP contribution in [0.2, 0.25) is 0 Å². The second kappa shape index (κ2) is 6.12. The zero-order chi connectivity index (χ0) is 14.7. The number of hydrogen-bond donors (Lipinski definition) is 1. The van der Waals surface area contributed by atoms with Gasteiger partial charge in [0.1, 0.15) is 5.82 Å². The number of para-hydroxylation sites is 1. The van der Waals surface area contributed by atoms with Crippen LogP contribution in [0.1, 0.15) is 25.3 Å². The SMILES string of the molecule is Cc1ccccc1Nc1nccc(N2CCC(C)CC2)n1. The number of nitrogens with one attached hydrogen (secondary N) is 1. The lowest BCUT2D eigenvalue weighted by atomic mass is 9.99. The highest BCUT2D eigenvalue weighted by atomic mass is 15.2. The summed E-state index contributed by atoms with van der Waals surface area (Å²) in [5.41, 5.74) is 2.25. The maximum absolute atomic E-state index is 4.66. The predicted octanol–water partition coefficient (Wildman–Crippen LogP) is 3.76. The fraction of sp³-hybridized carbons (Fsp3) is 0.412. The first-order valence-electron chi connectivity index (χ1n) is 7.63. The highest BCUT2D eigenvalue weighted by Gasteiger charge is 2.17. The Labute approximate surface area is 126 Å². The molecule has 1 aromatic heterocycles. The van der Waals surface area contributed by atoms with Crippen molar-refractivity contribution in [2.75, 3.05) is 23.3 Å². The maximum Gasteiger partial charge on any atom is 0.229 e. The zero-order valence-corrected chi connectivity index (χ0v) is 12.7. The first kappa shape index (κ1) is 13.9. The Hall–Kier alpha value is -2.10. The van der Waals surface area contributed by atoms with Crippen LogP contribution >= 0.6 is 0 Å². The van der Waals surface area contributed by atoms with E-state index in [1.165, 1.54) is 18.4 Å². The lowest BCUT2D eigenvalue weighted by molar-refractivity contribution is 0.436. The minimum atomic E-state index is 0.667. The van der Waals surface area contributed by atoms with Crippen LogP contribution in [0.15, 0.2) is 36.5 Å². The van der Waals surface area contributed by atoms with Gasteiger partial charge in [0.15, 0.2) is 0 Å². The molecule has 0 bridgehead atoms. The van der Waals surface area contributed by atoms with Crippen LogP contribution in [0.3, 0.4) is 0 Å². The van der Waals surface area contributed by atoms with E-state index in [1.807, 2.05) is 30.5 Å². The van der Waals surface area contributed by atoms with Gasteiger partial charge in [-0.15, -0.1) is 0 Å². The second-order valence-electron chi connectivity index (χ2n) is 5.85. The Kier molecular flexibility index (Phi) is 4.04. The lowest BCUT2D eigenvalue weighted by Gasteiger charge is -2.31. The van der Waals surface area contributed by atoms with Crippen molar-refractivity contribution in [2.45, 2.75) is 26.7 Å². The summed E-state index contributed by atoms with van der Waals surface area (Å²) in [6.07, 6.45) is 4.32. The van der Waals surface area contributed by atoms with E-state index in [-0.39, 0.29) is 0 Å². The molecule has 2 heterocycles. The van der Waals surface area contributed by atoms with E-state index in [0.29, 0.717) is 5.95 Å². The van der Waals surface area contributed by atoms with Crippen LogP contribution in [-0.4, -0.2) is 23.1 Å². The van der Waals surface area contributed by atoms with Crippen molar-refractivity contribution in [2.24, 2.45) is 5.92 Å². The first-order valence-corrected chi connectivity index (χ1v) is 7.63. The number of aryl methyl sites for hydroxylation is 1. The van der Waals surface area contributed by atoms with Gasteiger partial charge in [0.25, 0.3) is 0 Å². The van der Waals surface area contributed by atoms with E-state index in [9.17, 15) is 0 Å². The van der Waals surface area contributed by atoms with Crippen molar-refractivity contribution in [1.29, 1.82) is 0 Å². The number of benzene rings is 1. The summed E-state index contributed by atoms with van der Waals surface area (Å²) in [4.78, 5) is 11.4. The average Bonchev–Trinajstić information content (AvgIpc) is 2.51. The summed E-state index contributed by atoms with van der Waals surface area (Å²) in [6, 6.07) is 10.2. The van der Waals surface area contributed by atoms with Gasteiger partial charge in [-0.25, -0.2) is 4.98 Å². The van der Waals surface area contributed by atoms with E-state index in [4.69, 9.17) is 0 Å². The highest BCUT2D eigenvalue weighted by Crippen LogP contribution is 2.23. The molecule has 0 aliphatic carbocycles. The molecular formula is C17H22N4. The lowest BCUT2D eigenvalue weighted by Crippen LogP contribution is -2.33. The molecule has 4 nitrogen and oxygen atoms in total. The van der Waals surface area contributed by atoms with Crippen LogP contribution in [-0.2, 0) is 0 Å². The molecule has 3 rings (SSSR count). The molecule has 110 valence electrons. The molecule has 0 saturated carbocycles. The molecule has 0 radical (unpaired) electrons. The largest absolute Gasteiger partial charge is 0.356 e. The van der Waals surface area contributed by atoms with Crippen molar-refractivity contribution in [3.8, 4) is 0 Å². The molecule has 0 spiro atoms. The Morgan fingerprint density at radius 1 is 1.14 bits per heavy atom. The third kappa shape index (κ3) is 3.32. The summed E-state index contributed by atoms with van der Waals surface area (Å²) in [5.74, 6) is 2.51. The van der Waals surface area contributed by atoms with Crippen LogP contribution in [0.4, 0.5) is 17.5 Å². The third-order valence-electron chi connectivity index (χ3n) is 4.14. The smallest absolute Gasteiger partial charge is 0.229 e. The fourth-order valence-electron chi connectivity index (χ4n) is 2.66. The van der Waals surface area contributed by atoms with E-state index in [0.717, 1.165) is 30.5 Å². The average molecular weight is 282 g/mol. The minimum absolute atomic E-state index is 0.667. The van der Waals surface area contributed by atoms with Crippen LogP contribution in [0, 0.1) is 12.8 Å². The Morgan fingerprint density at radius 3 is 2.67 bits per heavy atom.